The van der Waals surface area contributed by atoms with E-state index in [1.54, 1.807) is 42.1 Å². The molecule has 2 aromatic carbocycles. The van der Waals surface area contributed by atoms with Crippen molar-refractivity contribution in [2.75, 3.05) is 25.4 Å². The van der Waals surface area contributed by atoms with Crippen molar-refractivity contribution in [1.29, 1.82) is 0 Å². The van der Waals surface area contributed by atoms with Gasteiger partial charge in [0.25, 0.3) is 0 Å². The second-order valence-electron chi connectivity index (χ2n) is 8.78. The minimum atomic E-state index is -3.63. The highest BCUT2D eigenvalue weighted by atomic mass is 32.2. The van der Waals surface area contributed by atoms with Gasteiger partial charge in [0.05, 0.1) is 11.2 Å². The monoisotopic (exact) mass is 526 g/mol. The smallest absolute Gasteiger partial charge is 0.239 e. The second kappa shape index (κ2) is 10.6. The van der Waals surface area contributed by atoms with E-state index in [-0.39, 0.29) is 15.8 Å². The number of furan rings is 1. The normalized spacial score (nSPS) is 14.5. The van der Waals surface area contributed by atoms with Gasteiger partial charge in [-0.3, -0.25) is 0 Å². The Morgan fingerprint density at radius 3 is 2.56 bits per heavy atom. The van der Waals surface area contributed by atoms with E-state index in [9.17, 15) is 12.8 Å². The summed E-state index contributed by atoms with van der Waals surface area (Å²) in [7, 11) is -1.71. The molecule has 0 N–H and O–H groups in total. The van der Waals surface area contributed by atoms with Crippen LogP contribution in [0.25, 0.3) is 11.4 Å². The summed E-state index contributed by atoms with van der Waals surface area (Å²) in [5, 5.41) is 9.38. The van der Waals surface area contributed by atoms with Crippen LogP contribution in [0.15, 0.2) is 80.4 Å². The van der Waals surface area contributed by atoms with Crippen LogP contribution in [0.5, 0.6) is 0 Å². The largest absolute Gasteiger partial charge is 0.453 e. The third-order valence-corrected chi connectivity index (χ3v) is 9.17. The molecule has 4 aromatic rings. The molecule has 10 heteroatoms. The van der Waals surface area contributed by atoms with Crippen LogP contribution in [0.1, 0.15) is 17.5 Å². The van der Waals surface area contributed by atoms with E-state index in [0.29, 0.717) is 0 Å². The Morgan fingerprint density at radius 1 is 1.03 bits per heavy atom. The number of rotatable bonds is 8. The molecule has 1 aliphatic rings. The maximum Gasteiger partial charge on any atom is 0.239 e. The van der Waals surface area contributed by atoms with Crippen molar-refractivity contribution >= 4 is 21.6 Å². The van der Waals surface area contributed by atoms with E-state index in [1.807, 2.05) is 17.7 Å². The summed E-state index contributed by atoms with van der Waals surface area (Å²) in [5.74, 6) is 1.35. The lowest BCUT2D eigenvalue weighted by Crippen LogP contribution is -2.27. The molecule has 0 unspecified atom stereocenters. The number of fused-ring (bicyclic) bond motifs is 1. The average Bonchev–Trinajstić information content (AvgIpc) is 3.50. The van der Waals surface area contributed by atoms with E-state index in [1.165, 1.54) is 30.0 Å². The second-order valence-corrected chi connectivity index (χ2v) is 11.7. The molecule has 0 saturated heterocycles. The standard InChI is InChI=1S/C26H27FN4O3S2/c1-30-25(20-5-8-22(27)9-6-20)28-29-26(30)35-17-3-13-31-14-11-19-7-10-23(18-21(19)12-15-31)36(32,33)24-4-2-16-34-24/h2,4-10,16,18H,3,11-15,17H2,1H3. The molecule has 2 aromatic heterocycles. The van der Waals surface area contributed by atoms with Crippen molar-refractivity contribution in [2.45, 2.75) is 34.4 Å². The van der Waals surface area contributed by atoms with Gasteiger partial charge in [0, 0.05) is 31.5 Å². The average molecular weight is 527 g/mol. The molecule has 188 valence electrons. The summed E-state index contributed by atoms with van der Waals surface area (Å²) in [6, 6.07) is 14.8. The van der Waals surface area contributed by atoms with Gasteiger partial charge in [-0.05, 0) is 85.5 Å². The number of aromatic nitrogens is 3. The predicted molar refractivity (Wildman–Crippen MR) is 136 cm³/mol. The number of benzene rings is 2. The van der Waals surface area contributed by atoms with E-state index in [4.69, 9.17) is 4.42 Å². The Hall–Kier alpha value is -2.95. The number of hydrogen-bond donors (Lipinski definition) is 0. The molecule has 0 radical (unpaired) electrons. The lowest BCUT2D eigenvalue weighted by Gasteiger charge is -2.19. The maximum atomic E-state index is 13.2. The summed E-state index contributed by atoms with van der Waals surface area (Å²) in [6.45, 7) is 2.79. The highest BCUT2D eigenvalue weighted by Gasteiger charge is 2.23. The molecule has 0 bridgehead atoms. The molecular weight excluding hydrogens is 499 g/mol. The van der Waals surface area contributed by atoms with Gasteiger partial charge >= 0.3 is 0 Å². The van der Waals surface area contributed by atoms with Crippen LogP contribution in [0.4, 0.5) is 4.39 Å². The highest BCUT2D eigenvalue weighted by Crippen LogP contribution is 2.26. The molecule has 0 fully saturated rings. The quantitative estimate of drug-likeness (QED) is 0.245. The van der Waals surface area contributed by atoms with E-state index in [2.05, 4.69) is 15.1 Å². The molecule has 0 aliphatic carbocycles. The fraction of sp³-hybridized carbons (Fsp3) is 0.308. The number of sulfone groups is 1. The third kappa shape index (κ3) is 5.25. The first-order valence-electron chi connectivity index (χ1n) is 11.8. The van der Waals surface area contributed by atoms with Crippen LogP contribution >= 0.6 is 11.8 Å². The summed E-state index contributed by atoms with van der Waals surface area (Å²) in [5.41, 5.74) is 3.13. The lowest BCUT2D eigenvalue weighted by molar-refractivity contribution is 0.289. The minimum absolute atomic E-state index is 0.0251. The summed E-state index contributed by atoms with van der Waals surface area (Å²) < 4.78 is 45.9. The van der Waals surface area contributed by atoms with Crippen LogP contribution < -0.4 is 0 Å². The van der Waals surface area contributed by atoms with Crippen LogP contribution in [0.2, 0.25) is 0 Å². The van der Waals surface area contributed by atoms with Crippen LogP contribution in [0, 0.1) is 5.82 Å². The SMILES string of the molecule is Cn1c(SCCCN2CCc3ccc(S(=O)(=O)c4ccco4)cc3CC2)nnc1-c1ccc(F)cc1. The molecule has 0 saturated carbocycles. The van der Waals surface area contributed by atoms with Gasteiger partial charge in [-0.25, -0.2) is 12.8 Å². The highest BCUT2D eigenvalue weighted by molar-refractivity contribution is 7.99. The first-order chi connectivity index (χ1) is 17.4. The van der Waals surface area contributed by atoms with Gasteiger partial charge < -0.3 is 13.9 Å². The minimum Gasteiger partial charge on any atom is -0.453 e. The zero-order valence-electron chi connectivity index (χ0n) is 19.9. The molecule has 5 rings (SSSR count). The summed E-state index contributed by atoms with van der Waals surface area (Å²) in [4.78, 5) is 2.71. The van der Waals surface area contributed by atoms with Crippen molar-refractivity contribution in [3.63, 3.8) is 0 Å². The van der Waals surface area contributed by atoms with Crippen molar-refractivity contribution in [1.82, 2.24) is 19.7 Å². The van der Waals surface area contributed by atoms with E-state index < -0.39 is 9.84 Å². The molecule has 3 heterocycles. The number of nitrogens with zero attached hydrogens (tertiary/aromatic N) is 4. The van der Waals surface area contributed by atoms with Gasteiger partial charge in [0.15, 0.2) is 11.0 Å². The molecule has 1 aliphatic heterocycles. The lowest BCUT2D eigenvalue weighted by atomic mass is 10.0. The summed E-state index contributed by atoms with van der Waals surface area (Å²) in [6.07, 6.45) is 4.08. The first-order valence-corrected chi connectivity index (χ1v) is 14.3. The Balaban J connectivity index is 1.14. The molecular formula is C26H27FN4O3S2. The Bertz CT molecular complexity index is 1430. The van der Waals surface area contributed by atoms with Gasteiger partial charge in [-0.1, -0.05) is 17.8 Å². The van der Waals surface area contributed by atoms with Crippen LogP contribution in [-0.2, 0) is 29.7 Å². The third-order valence-electron chi connectivity index (χ3n) is 6.43. The van der Waals surface area contributed by atoms with E-state index >= 15 is 0 Å². The Morgan fingerprint density at radius 2 is 1.81 bits per heavy atom. The molecule has 0 amide bonds. The number of halogens is 1. The van der Waals surface area contributed by atoms with E-state index in [0.717, 1.165) is 66.8 Å². The fourth-order valence-corrected chi connectivity index (χ4v) is 6.47. The molecule has 0 atom stereocenters. The fourth-order valence-electron chi connectivity index (χ4n) is 4.41. The first kappa shape index (κ1) is 24.7. The molecule has 36 heavy (non-hydrogen) atoms. The van der Waals surface area contributed by atoms with Crippen molar-refractivity contribution in [2.24, 2.45) is 7.05 Å². The molecule has 7 nitrogen and oxygen atoms in total. The molecule has 0 spiro atoms. The maximum absolute atomic E-state index is 13.2. The van der Waals surface area contributed by atoms with Crippen molar-refractivity contribution in [3.05, 3.63) is 77.8 Å². The topological polar surface area (TPSA) is 81.2 Å². The predicted octanol–water partition coefficient (Wildman–Crippen LogP) is 4.63. The number of thioether (sulfide) groups is 1. The van der Waals surface area contributed by atoms with Crippen LogP contribution in [0.3, 0.4) is 0 Å². The zero-order chi connectivity index (χ0) is 25.1. The number of hydrogen-bond acceptors (Lipinski definition) is 7. The zero-order valence-corrected chi connectivity index (χ0v) is 21.6. The van der Waals surface area contributed by atoms with Gasteiger partial charge in [-0.2, -0.15) is 0 Å². The Labute approximate surface area is 214 Å². The van der Waals surface area contributed by atoms with Gasteiger partial charge in [0.1, 0.15) is 5.82 Å². The van der Waals surface area contributed by atoms with Crippen LogP contribution in [-0.4, -0.2) is 53.5 Å². The summed E-state index contributed by atoms with van der Waals surface area (Å²) >= 11 is 1.66. The van der Waals surface area contributed by atoms with Gasteiger partial charge in [-0.15, -0.1) is 10.2 Å². The van der Waals surface area contributed by atoms with Gasteiger partial charge in [0.2, 0.25) is 14.9 Å². The van der Waals surface area contributed by atoms with Crippen molar-refractivity contribution in [3.8, 4) is 11.4 Å². The Kier molecular flexibility index (Phi) is 7.27. The van der Waals surface area contributed by atoms with Crippen molar-refractivity contribution < 1.29 is 17.2 Å².